The lowest BCUT2D eigenvalue weighted by molar-refractivity contribution is -0.142. The van der Waals surface area contributed by atoms with Crippen LogP contribution in [0, 0.1) is 0 Å². The topological polar surface area (TPSA) is 26.3 Å². The van der Waals surface area contributed by atoms with Crippen LogP contribution in [0.15, 0.2) is 35.7 Å². The summed E-state index contributed by atoms with van der Waals surface area (Å²) >= 11 is 0. The molecule has 0 saturated carbocycles. The van der Waals surface area contributed by atoms with E-state index in [2.05, 4.69) is 0 Å². The van der Waals surface area contributed by atoms with E-state index in [1.165, 1.54) is 0 Å². The number of halogens is 1. The van der Waals surface area contributed by atoms with Crippen LogP contribution in [0.2, 0.25) is 0 Å². The van der Waals surface area contributed by atoms with Crippen LogP contribution in [0.1, 0.15) is 19.8 Å². The highest BCUT2D eigenvalue weighted by Crippen LogP contribution is 2.18. The molecular weight excluding hydrogens is 183 g/mol. The second-order valence-corrected chi connectivity index (χ2v) is 2.98. The summed E-state index contributed by atoms with van der Waals surface area (Å²) in [6, 6.07) is 0. The first kappa shape index (κ1) is 10.7. The van der Waals surface area contributed by atoms with Crippen molar-refractivity contribution in [3.63, 3.8) is 0 Å². The molecule has 0 unspecified atom stereocenters. The first-order valence-corrected chi connectivity index (χ1v) is 4.58. The van der Waals surface area contributed by atoms with Gasteiger partial charge in [-0.15, -0.1) is 0 Å². The quantitative estimate of drug-likeness (QED) is 0.649. The Kier molecular flexibility index (Phi) is 4.11. The first-order valence-electron chi connectivity index (χ1n) is 4.58. The van der Waals surface area contributed by atoms with Gasteiger partial charge in [-0.3, -0.25) is 4.79 Å². The lowest BCUT2D eigenvalue weighted by atomic mass is 10.0. The average molecular weight is 196 g/mol. The van der Waals surface area contributed by atoms with Gasteiger partial charge in [0.2, 0.25) is 0 Å². The summed E-state index contributed by atoms with van der Waals surface area (Å²) in [6.07, 6.45) is 6.64. The molecule has 0 saturated heterocycles. The number of carbonyl (C=O) groups excluding carboxylic acids is 1. The monoisotopic (exact) mass is 196 g/mol. The van der Waals surface area contributed by atoms with E-state index in [-0.39, 0.29) is 12.4 Å². The molecule has 0 aromatic heterocycles. The summed E-state index contributed by atoms with van der Waals surface area (Å²) < 4.78 is 16.9. The van der Waals surface area contributed by atoms with Gasteiger partial charge in [-0.1, -0.05) is 18.2 Å². The molecule has 0 heterocycles. The van der Waals surface area contributed by atoms with Crippen LogP contribution < -0.4 is 0 Å². The summed E-state index contributed by atoms with van der Waals surface area (Å²) in [5.74, 6) is -0.240. The SMILES string of the molecule is CCOC(=O)CC1=CCC(=CF)C=C1. The van der Waals surface area contributed by atoms with Crippen molar-refractivity contribution in [2.45, 2.75) is 19.8 Å². The minimum absolute atomic E-state index is 0.240. The minimum atomic E-state index is -0.240. The van der Waals surface area contributed by atoms with Crippen molar-refractivity contribution in [1.29, 1.82) is 0 Å². The molecule has 0 aromatic rings. The molecule has 0 amide bonds. The smallest absolute Gasteiger partial charge is 0.310 e. The van der Waals surface area contributed by atoms with Crippen LogP contribution >= 0.6 is 0 Å². The molecule has 14 heavy (non-hydrogen) atoms. The van der Waals surface area contributed by atoms with Crippen molar-refractivity contribution in [3.05, 3.63) is 35.7 Å². The van der Waals surface area contributed by atoms with Crippen LogP contribution in [-0.2, 0) is 9.53 Å². The Labute approximate surface area is 82.8 Å². The maximum absolute atomic E-state index is 12.1. The van der Waals surface area contributed by atoms with Crippen LogP contribution in [-0.4, -0.2) is 12.6 Å². The second-order valence-electron chi connectivity index (χ2n) is 2.98. The van der Waals surface area contributed by atoms with Crippen LogP contribution in [0.3, 0.4) is 0 Å². The van der Waals surface area contributed by atoms with Gasteiger partial charge in [0.1, 0.15) is 0 Å². The Morgan fingerprint density at radius 1 is 1.64 bits per heavy atom. The Bertz CT molecular complexity index is 300. The van der Waals surface area contributed by atoms with Crippen molar-refractivity contribution in [2.24, 2.45) is 0 Å². The molecule has 2 nitrogen and oxygen atoms in total. The van der Waals surface area contributed by atoms with Gasteiger partial charge < -0.3 is 4.74 Å². The molecule has 0 spiro atoms. The first-order chi connectivity index (χ1) is 6.76. The zero-order valence-corrected chi connectivity index (χ0v) is 8.13. The van der Waals surface area contributed by atoms with Gasteiger partial charge >= 0.3 is 5.97 Å². The van der Waals surface area contributed by atoms with E-state index in [1.54, 1.807) is 19.1 Å². The summed E-state index contributed by atoms with van der Waals surface area (Å²) in [5, 5.41) is 0. The molecule has 3 heteroatoms. The number of hydrogen-bond acceptors (Lipinski definition) is 2. The normalized spacial score (nSPS) is 18.1. The van der Waals surface area contributed by atoms with Gasteiger partial charge in [-0.05, 0) is 24.5 Å². The highest BCUT2D eigenvalue weighted by atomic mass is 19.1. The number of hydrogen-bond donors (Lipinski definition) is 0. The molecule has 0 N–H and O–H groups in total. The Balaban J connectivity index is 2.46. The largest absolute Gasteiger partial charge is 0.466 e. The fraction of sp³-hybridized carbons (Fsp3) is 0.364. The third-order valence-electron chi connectivity index (χ3n) is 1.91. The molecule has 0 radical (unpaired) electrons. The number of ether oxygens (including phenoxy) is 1. The highest BCUT2D eigenvalue weighted by molar-refractivity contribution is 5.73. The maximum atomic E-state index is 12.1. The van der Waals surface area contributed by atoms with Gasteiger partial charge in [0.15, 0.2) is 0 Å². The standard InChI is InChI=1S/C11H13FO2/c1-2-14-11(13)7-9-3-5-10(8-12)6-4-9/h3-5,8H,2,6-7H2,1H3. The van der Waals surface area contributed by atoms with E-state index >= 15 is 0 Å². The average Bonchev–Trinajstić information content (AvgIpc) is 2.19. The van der Waals surface area contributed by atoms with Crippen molar-refractivity contribution in [2.75, 3.05) is 6.61 Å². The molecular formula is C11H13FO2. The number of carbonyl (C=O) groups is 1. The van der Waals surface area contributed by atoms with E-state index < -0.39 is 0 Å². The minimum Gasteiger partial charge on any atom is -0.466 e. The summed E-state index contributed by atoms with van der Waals surface area (Å²) in [7, 11) is 0. The number of rotatable bonds is 3. The predicted molar refractivity (Wildman–Crippen MR) is 52.3 cm³/mol. The van der Waals surface area contributed by atoms with Crippen LogP contribution in [0.5, 0.6) is 0 Å². The Morgan fingerprint density at radius 3 is 2.93 bits per heavy atom. The number of esters is 1. The molecule has 0 fully saturated rings. The Morgan fingerprint density at radius 2 is 2.43 bits per heavy atom. The molecule has 1 aliphatic carbocycles. The third kappa shape index (κ3) is 3.17. The number of allylic oxidation sites excluding steroid dienone is 4. The fourth-order valence-electron chi connectivity index (χ4n) is 1.19. The Hall–Kier alpha value is -1.38. The lowest BCUT2D eigenvalue weighted by Crippen LogP contribution is -2.05. The third-order valence-corrected chi connectivity index (χ3v) is 1.91. The van der Waals surface area contributed by atoms with Crippen molar-refractivity contribution in [3.8, 4) is 0 Å². The van der Waals surface area contributed by atoms with Crippen molar-refractivity contribution >= 4 is 5.97 Å². The molecule has 0 aromatic carbocycles. The van der Waals surface area contributed by atoms with Crippen molar-refractivity contribution < 1.29 is 13.9 Å². The van der Waals surface area contributed by atoms with Crippen LogP contribution in [0.4, 0.5) is 4.39 Å². The van der Waals surface area contributed by atoms with Gasteiger partial charge in [0.25, 0.3) is 0 Å². The molecule has 76 valence electrons. The van der Waals surface area contributed by atoms with E-state index in [4.69, 9.17) is 4.74 Å². The van der Waals surface area contributed by atoms with Gasteiger partial charge in [0.05, 0.1) is 19.4 Å². The van der Waals surface area contributed by atoms with E-state index in [0.717, 1.165) is 5.57 Å². The predicted octanol–water partition coefficient (Wildman–Crippen LogP) is 2.68. The fourth-order valence-corrected chi connectivity index (χ4v) is 1.19. The van der Waals surface area contributed by atoms with Crippen molar-refractivity contribution in [1.82, 2.24) is 0 Å². The van der Waals surface area contributed by atoms with Gasteiger partial charge in [-0.2, -0.15) is 0 Å². The van der Waals surface area contributed by atoms with E-state index in [0.29, 0.717) is 24.9 Å². The summed E-state index contributed by atoms with van der Waals surface area (Å²) in [5.41, 5.74) is 1.51. The zero-order valence-electron chi connectivity index (χ0n) is 8.13. The zero-order chi connectivity index (χ0) is 10.4. The summed E-state index contributed by atoms with van der Waals surface area (Å²) in [6.45, 7) is 2.17. The lowest BCUT2D eigenvalue weighted by Gasteiger charge is -2.07. The summed E-state index contributed by atoms with van der Waals surface area (Å²) in [4.78, 5) is 11.1. The molecule has 1 rings (SSSR count). The molecule has 0 aliphatic heterocycles. The maximum Gasteiger partial charge on any atom is 0.310 e. The van der Waals surface area contributed by atoms with Gasteiger partial charge in [0, 0.05) is 0 Å². The van der Waals surface area contributed by atoms with E-state index in [9.17, 15) is 9.18 Å². The highest BCUT2D eigenvalue weighted by Gasteiger charge is 2.07. The van der Waals surface area contributed by atoms with E-state index in [1.807, 2.05) is 6.08 Å². The second kappa shape index (κ2) is 5.37. The molecule has 0 atom stereocenters. The molecule has 0 bridgehead atoms. The van der Waals surface area contributed by atoms with Crippen LogP contribution in [0.25, 0.3) is 0 Å². The van der Waals surface area contributed by atoms with Gasteiger partial charge in [-0.25, -0.2) is 4.39 Å². The molecule has 1 aliphatic rings.